The number of methoxy groups -OCH3 is 1. The van der Waals surface area contributed by atoms with E-state index in [0.29, 0.717) is 36.4 Å². The van der Waals surface area contributed by atoms with Crippen molar-refractivity contribution in [2.75, 3.05) is 20.2 Å². The minimum absolute atomic E-state index is 0.0676. The number of hydrogen-bond donors (Lipinski definition) is 1. The quantitative estimate of drug-likeness (QED) is 0.805. The Morgan fingerprint density at radius 1 is 1.22 bits per heavy atom. The molecule has 3 rings (SSSR count). The Bertz CT molecular complexity index is 794. The number of amides is 1. The smallest absolute Gasteiger partial charge is 0.251 e. The van der Waals surface area contributed by atoms with E-state index in [4.69, 9.17) is 4.74 Å². The van der Waals surface area contributed by atoms with Crippen LogP contribution in [0.4, 0.5) is 0 Å². The molecule has 1 saturated heterocycles. The van der Waals surface area contributed by atoms with Gasteiger partial charge >= 0.3 is 0 Å². The number of nitrogens with zero attached hydrogens (tertiary/aromatic N) is 1. The Balaban J connectivity index is 1.89. The number of rotatable bonds is 6. The van der Waals surface area contributed by atoms with E-state index < -0.39 is 10.0 Å². The first-order chi connectivity index (χ1) is 12.7. The highest BCUT2D eigenvalue weighted by atomic mass is 32.2. The molecule has 7 heteroatoms. The highest BCUT2D eigenvalue weighted by molar-refractivity contribution is 7.89. The number of carbonyl (C=O) groups excluding carboxylic acids is 1. The van der Waals surface area contributed by atoms with Crippen molar-refractivity contribution >= 4 is 15.9 Å². The van der Waals surface area contributed by atoms with Crippen LogP contribution in [0.1, 0.15) is 50.4 Å². The maximum Gasteiger partial charge on any atom is 0.251 e. The SMILES string of the molecule is COc1ccc(C(=O)N[C@@H](C)C2CC2)cc1S(=O)(=O)N1C[C@H](C)C[C@H](C)C1. The lowest BCUT2D eigenvalue weighted by Gasteiger charge is -2.34. The first kappa shape index (κ1) is 20.1. The molecule has 27 heavy (non-hydrogen) atoms. The van der Waals surface area contributed by atoms with Gasteiger partial charge in [0.1, 0.15) is 10.6 Å². The van der Waals surface area contributed by atoms with Gasteiger partial charge in [0.2, 0.25) is 10.0 Å². The van der Waals surface area contributed by atoms with Crippen molar-refractivity contribution in [1.82, 2.24) is 9.62 Å². The van der Waals surface area contributed by atoms with Gasteiger partial charge in [0, 0.05) is 24.7 Å². The van der Waals surface area contributed by atoms with Gasteiger partial charge in [-0.15, -0.1) is 0 Å². The zero-order valence-corrected chi connectivity index (χ0v) is 17.4. The average molecular weight is 395 g/mol. The van der Waals surface area contributed by atoms with Crippen LogP contribution < -0.4 is 10.1 Å². The molecule has 0 spiro atoms. The fourth-order valence-electron chi connectivity index (χ4n) is 3.96. The molecule has 0 bridgehead atoms. The standard InChI is InChI=1S/C20H30N2O4S/c1-13-9-14(2)12-22(11-13)27(24,25)19-10-17(7-8-18(19)26-4)20(23)21-15(3)16-5-6-16/h7-8,10,13-16H,5-6,9,11-12H2,1-4H3,(H,21,23)/t13-,14+,15-/m0/s1. The maximum absolute atomic E-state index is 13.3. The maximum atomic E-state index is 13.3. The molecule has 0 radical (unpaired) electrons. The van der Waals surface area contributed by atoms with Gasteiger partial charge in [-0.1, -0.05) is 13.8 Å². The highest BCUT2D eigenvalue weighted by Gasteiger charge is 2.34. The van der Waals surface area contributed by atoms with E-state index in [0.717, 1.165) is 19.3 Å². The number of nitrogens with one attached hydrogen (secondary N) is 1. The van der Waals surface area contributed by atoms with Gasteiger partial charge < -0.3 is 10.1 Å². The average Bonchev–Trinajstić information content (AvgIpc) is 3.45. The second-order valence-corrected chi connectivity index (χ2v) is 10.1. The Morgan fingerprint density at radius 3 is 2.41 bits per heavy atom. The molecule has 0 aromatic heterocycles. The molecule has 1 aromatic carbocycles. The molecule has 2 fully saturated rings. The fraction of sp³-hybridized carbons (Fsp3) is 0.650. The molecule has 0 unspecified atom stereocenters. The summed E-state index contributed by atoms with van der Waals surface area (Å²) in [6.07, 6.45) is 3.29. The van der Waals surface area contributed by atoms with Crippen molar-refractivity contribution in [3.8, 4) is 5.75 Å². The third-order valence-corrected chi connectivity index (χ3v) is 7.42. The Hall–Kier alpha value is -1.60. The van der Waals surface area contributed by atoms with Crippen molar-refractivity contribution in [3.05, 3.63) is 23.8 Å². The predicted octanol–water partition coefficient (Wildman–Crippen LogP) is 2.89. The Labute approximate surface area is 162 Å². The van der Waals surface area contributed by atoms with Crippen LogP contribution in [-0.2, 0) is 10.0 Å². The van der Waals surface area contributed by atoms with Crippen LogP contribution in [0.2, 0.25) is 0 Å². The van der Waals surface area contributed by atoms with Gasteiger partial charge in [-0.25, -0.2) is 8.42 Å². The second-order valence-electron chi connectivity index (χ2n) is 8.23. The summed E-state index contributed by atoms with van der Waals surface area (Å²) in [6, 6.07) is 4.74. The van der Waals surface area contributed by atoms with Crippen LogP contribution in [-0.4, -0.2) is 44.9 Å². The summed E-state index contributed by atoms with van der Waals surface area (Å²) in [5.41, 5.74) is 0.347. The summed E-state index contributed by atoms with van der Waals surface area (Å²) in [7, 11) is -2.28. The summed E-state index contributed by atoms with van der Waals surface area (Å²) in [6.45, 7) is 7.11. The number of sulfonamides is 1. The van der Waals surface area contributed by atoms with Crippen LogP contribution >= 0.6 is 0 Å². The van der Waals surface area contributed by atoms with E-state index >= 15 is 0 Å². The second kappa shape index (κ2) is 7.80. The molecule has 1 aliphatic carbocycles. The molecule has 1 saturated carbocycles. The van der Waals surface area contributed by atoms with Gasteiger partial charge in [0.05, 0.1) is 7.11 Å². The molecule has 3 atom stereocenters. The van der Waals surface area contributed by atoms with Crippen LogP contribution in [0.5, 0.6) is 5.75 Å². The van der Waals surface area contributed by atoms with E-state index in [1.54, 1.807) is 12.1 Å². The van der Waals surface area contributed by atoms with E-state index in [1.165, 1.54) is 17.5 Å². The lowest BCUT2D eigenvalue weighted by atomic mass is 9.94. The zero-order valence-electron chi connectivity index (χ0n) is 16.6. The van der Waals surface area contributed by atoms with Crippen molar-refractivity contribution in [2.45, 2.75) is 51.0 Å². The van der Waals surface area contributed by atoms with Gasteiger partial charge in [-0.3, -0.25) is 4.79 Å². The molecule has 150 valence electrons. The fourth-order valence-corrected chi connectivity index (χ4v) is 5.83. The first-order valence-electron chi connectivity index (χ1n) is 9.71. The van der Waals surface area contributed by atoms with Crippen LogP contribution in [0.3, 0.4) is 0 Å². The summed E-state index contributed by atoms with van der Waals surface area (Å²) in [4.78, 5) is 12.7. The minimum atomic E-state index is -3.73. The molecule has 1 amide bonds. The Morgan fingerprint density at radius 2 is 1.85 bits per heavy atom. The van der Waals surface area contributed by atoms with Crippen molar-refractivity contribution in [2.24, 2.45) is 17.8 Å². The van der Waals surface area contributed by atoms with Gasteiger partial charge in [0.15, 0.2) is 0 Å². The summed E-state index contributed by atoms with van der Waals surface area (Å²) < 4.78 is 33.4. The molecule has 1 heterocycles. The van der Waals surface area contributed by atoms with E-state index in [1.807, 2.05) is 6.92 Å². The molecule has 6 nitrogen and oxygen atoms in total. The summed E-state index contributed by atoms with van der Waals surface area (Å²) >= 11 is 0. The molecule has 1 N–H and O–H groups in total. The highest BCUT2D eigenvalue weighted by Crippen LogP contribution is 2.34. The van der Waals surface area contributed by atoms with E-state index in [-0.39, 0.29) is 22.6 Å². The van der Waals surface area contributed by atoms with Gasteiger partial charge in [0.25, 0.3) is 5.91 Å². The molecular formula is C20H30N2O4S. The summed E-state index contributed by atoms with van der Waals surface area (Å²) in [5, 5.41) is 2.98. The predicted molar refractivity (Wildman–Crippen MR) is 104 cm³/mol. The largest absolute Gasteiger partial charge is 0.495 e. The molecule has 1 aliphatic heterocycles. The van der Waals surface area contributed by atoms with Crippen LogP contribution in [0, 0.1) is 17.8 Å². The first-order valence-corrected chi connectivity index (χ1v) is 11.2. The number of ether oxygens (including phenoxy) is 1. The van der Waals surface area contributed by atoms with E-state index in [2.05, 4.69) is 19.2 Å². The van der Waals surface area contributed by atoms with Crippen LogP contribution in [0.25, 0.3) is 0 Å². The number of benzene rings is 1. The van der Waals surface area contributed by atoms with Crippen molar-refractivity contribution in [1.29, 1.82) is 0 Å². The number of carbonyl (C=O) groups is 1. The number of piperidine rings is 1. The monoisotopic (exact) mass is 394 g/mol. The topological polar surface area (TPSA) is 75.7 Å². The van der Waals surface area contributed by atoms with E-state index in [9.17, 15) is 13.2 Å². The van der Waals surface area contributed by atoms with Crippen LogP contribution in [0.15, 0.2) is 23.1 Å². The van der Waals surface area contributed by atoms with Gasteiger partial charge in [-0.05, 0) is 62.1 Å². The lowest BCUT2D eigenvalue weighted by molar-refractivity contribution is 0.0935. The minimum Gasteiger partial charge on any atom is -0.495 e. The Kier molecular flexibility index (Phi) is 5.82. The molecular weight excluding hydrogens is 364 g/mol. The molecule has 1 aromatic rings. The van der Waals surface area contributed by atoms with Gasteiger partial charge in [-0.2, -0.15) is 4.31 Å². The normalized spacial score (nSPS) is 25.0. The summed E-state index contributed by atoms with van der Waals surface area (Å²) in [5.74, 6) is 1.18. The number of hydrogen-bond acceptors (Lipinski definition) is 4. The molecule has 2 aliphatic rings. The van der Waals surface area contributed by atoms with Crippen molar-refractivity contribution in [3.63, 3.8) is 0 Å². The van der Waals surface area contributed by atoms with Crippen molar-refractivity contribution < 1.29 is 17.9 Å². The zero-order chi connectivity index (χ0) is 19.8. The lowest BCUT2D eigenvalue weighted by Crippen LogP contribution is -2.42. The third kappa shape index (κ3) is 4.46. The third-order valence-electron chi connectivity index (χ3n) is 5.57.